The van der Waals surface area contributed by atoms with E-state index in [9.17, 15) is 18.0 Å². The van der Waals surface area contributed by atoms with Crippen LogP contribution in [0.3, 0.4) is 0 Å². The van der Waals surface area contributed by atoms with Crippen molar-refractivity contribution in [3.63, 3.8) is 0 Å². The Hall–Kier alpha value is -3.05. The third-order valence-electron chi connectivity index (χ3n) is 8.59. The molecule has 2 fully saturated rings. The lowest BCUT2D eigenvalue weighted by Gasteiger charge is -2.30. The molecule has 0 radical (unpaired) electrons. The molecule has 2 aromatic carbocycles. The van der Waals surface area contributed by atoms with Gasteiger partial charge in [-0.15, -0.1) is 11.3 Å². The van der Waals surface area contributed by atoms with E-state index in [1.807, 2.05) is 23.1 Å². The van der Waals surface area contributed by atoms with Crippen molar-refractivity contribution in [2.45, 2.75) is 57.0 Å². The highest BCUT2D eigenvalue weighted by Gasteiger charge is 2.33. The minimum Gasteiger partial charge on any atom is -0.339 e. The van der Waals surface area contributed by atoms with Crippen LogP contribution < -0.4 is 5.32 Å². The number of amides is 2. The van der Waals surface area contributed by atoms with E-state index >= 15 is 0 Å². The van der Waals surface area contributed by atoms with Gasteiger partial charge in [-0.05, 0) is 73.4 Å². The Bertz CT molecular complexity index is 1550. The fraction of sp³-hybridized carbons (Fsp3) is 0.438. The number of thiophene rings is 1. The smallest absolute Gasteiger partial charge is 0.257 e. The summed E-state index contributed by atoms with van der Waals surface area (Å²) in [6.45, 7) is 7.00. The number of hydrogen-bond donors (Lipinski definition) is 1. The molecule has 3 aromatic rings. The molecule has 3 aliphatic heterocycles. The molecule has 0 aliphatic carbocycles. The van der Waals surface area contributed by atoms with Crippen LogP contribution in [0.15, 0.2) is 59.5 Å². The number of carbonyl (C=O) groups excluding carboxylic acids is 2. The van der Waals surface area contributed by atoms with Crippen LogP contribution in [0.1, 0.15) is 69.3 Å². The van der Waals surface area contributed by atoms with Crippen LogP contribution in [0, 0.1) is 5.92 Å². The summed E-state index contributed by atoms with van der Waals surface area (Å²) in [6.07, 6.45) is 4.64. The second-order valence-electron chi connectivity index (χ2n) is 11.7. The maximum absolute atomic E-state index is 13.7. The van der Waals surface area contributed by atoms with Gasteiger partial charge in [0.25, 0.3) is 11.8 Å². The van der Waals surface area contributed by atoms with Crippen molar-refractivity contribution in [2.24, 2.45) is 5.92 Å². The standard InChI is InChI=1S/C32H38N4O4S2/c1-23-8-7-18-36(20-23)42(39,40)26-13-11-25(12-14-26)30(37)33-31-29(32(38)35-16-5-6-17-35)27-15-19-34(22-28(27)41-31)21-24-9-3-2-4-10-24/h2-4,9-14,23H,5-8,15-22H2,1H3,(H,33,37). The Morgan fingerprint density at radius 3 is 2.40 bits per heavy atom. The van der Waals surface area contributed by atoms with E-state index in [0.29, 0.717) is 35.1 Å². The molecule has 8 nitrogen and oxygen atoms in total. The van der Waals surface area contributed by atoms with Crippen LogP contribution in [0.4, 0.5) is 5.00 Å². The van der Waals surface area contributed by atoms with Crippen LogP contribution in [0.5, 0.6) is 0 Å². The van der Waals surface area contributed by atoms with Crippen molar-refractivity contribution < 1.29 is 18.0 Å². The average molecular weight is 607 g/mol. The van der Waals surface area contributed by atoms with Gasteiger partial charge < -0.3 is 10.2 Å². The normalized spacial score (nSPS) is 19.9. The summed E-state index contributed by atoms with van der Waals surface area (Å²) in [4.78, 5) is 32.7. The zero-order valence-corrected chi connectivity index (χ0v) is 25.7. The first kappa shape index (κ1) is 29.0. The molecule has 1 N–H and O–H groups in total. The van der Waals surface area contributed by atoms with Crippen molar-refractivity contribution in [3.05, 3.63) is 81.7 Å². The second kappa shape index (κ2) is 12.3. The Labute approximate surface area is 252 Å². The second-order valence-corrected chi connectivity index (χ2v) is 14.8. The van der Waals surface area contributed by atoms with E-state index in [4.69, 9.17) is 0 Å². The van der Waals surface area contributed by atoms with Crippen molar-refractivity contribution in [3.8, 4) is 0 Å². The Balaban J connectivity index is 1.22. The number of benzene rings is 2. The zero-order valence-electron chi connectivity index (χ0n) is 24.0. The molecule has 4 heterocycles. The van der Waals surface area contributed by atoms with Gasteiger partial charge in [-0.1, -0.05) is 37.3 Å². The molecule has 10 heteroatoms. The number of nitrogens with zero attached hydrogens (tertiary/aromatic N) is 3. The number of nitrogens with one attached hydrogen (secondary N) is 1. The van der Waals surface area contributed by atoms with Crippen LogP contribution >= 0.6 is 11.3 Å². The van der Waals surface area contributed by atoms with Gasteiger partial charge >= 0.3 is 0 Å². The van der Waals surface area contributed by atoms with Crippen LogP contribution in [0.2, 0.25) is 0 Å². The fourth-order valence-corrected chi connectivity index (χ4v) is 9.17. The predicted molar refractivity (Wildman–Crippen MR) is 165 cm³/mol. The highest BCUT2D eigenvalue weighted by molar-refractivity contribution is 7.89. The van der Waals surface area contributed by atoms with Crippen LogP contribution in [-0.2, 0) is 29.5 Å². The summed E-state index contributed by atoms with van der Waals surface area (Å²) < 4.78 is 27.9. The Morgan fingerprint density at radius 2 is 1.69 bits per heavy atom. The molecule has 1 unspecified atom stereocenters. The van der Waals surface area contributed by atoms with E-state index in [1.54, 1.807) is 16.4 Å². The molecule has 3 aliphatic rings. The monoisotopic (exact) mass is 606 g/mol. The molecule has 0 bridgehead atoms. The van der Waals surface area contributed by atoms with Crippen LogP contribution in [0.25, 0.3) is 0 Å². The summed E-state index contributed by atoms with van der Waals surface area (Å²) in [6, 6.07) is 16.5. The molecule has 42 heavy (non-hydrogen) atoms. The highest BCUT2D eigenvalue weighted by atomic mass is 32.2. The number of rotatable bonds is 7. The van der Waals surface area contributed by atoms with Crippen molar-refractivity contribution in [1.82, 2.24) is 14.1 Å². The maximum atomic E-state index is 13.7. The third-order valence-corrected chi connectivity index (χ3v) is 11.6. The molecule has 1 atom stereocenters. The Kier molecular flexibility index (Phi) is 8.49. The summed E-state index contributed by atoms with van der Waals surface area (Å²) in [5.41, 5.74) is 3.29. The van der Waals surface area contributed by atoms with Gasteiger partial charge in [0.2, 0.25) is 10.0 Å². The number of sulfonamides is 1. The fourth-order valence-electron chi connectivity index (χ4n) is 6.29. The lowest BCUT2D eigenvalue weighted by molar-refractivity contribution is 0.0792. The number of hydrogen-bond acceptors (Lipinski definition) is 6. The predicted octanol–water partition coefficient (Wildman–Crippen LogP) is 5.22. The quantitative estimate of drug-likeness (QED) is 0.399. The lowest BCUT2D eigenvalue weighted by Crippen LogP contribution is -2.39. The number of carbonyl (C=O) groups is 2. The number of anilines is 1. The third kappa shape index (κ3) is 6.04. The van der Waals surface area contributed by atoms with Gasteiger partial charge in [-0.25, -0.2) is 8.42 Å². The molecule has 0 saturated carbocycles. The van der Waals surface area contributed by atoms with Crippen molar-refractivity contribution in [2.75, 3.05) is 38.0 Å². The van der Waals surface area contributed by atoms with E-state index in [-0.39, 0.29) is 16.7 Å². The maximum Gasteiger partial charge on any atom is 0.257 e. The Morgan fingerprint density at radius 1 is 0.952 bits per heavy atom. The van der Waals surface area contributed by atoms with Crippen molar-refractivity contribution in [1.29, 1.82) is 0 Å². The van der Waals surface area contributed by atoms with E-state index in [1.165, 1.54) is 29.0 Å². The molecular formula is C32H38N4O4S2. The molecule has 1 aromatic heterocycles. The first-order valence-electron chi connectivity index (χ1n) is 14.9. The summed E-state index contributed by atoms with van der Waals surface area (Å²) in [5.74, 6) is -0.0205. The average Bonchev–Trinajstić information content (AvgIpc) is 3.66. The van der Waals surface area contributed by atoms with Crippen molar-refractivity contribution >= 4 is 38.2 Å². The summed E-state index contributed by atoms with van der Waals surface area (Å²) in [7, 11) is -3.60. The molecule has 2 amide bonds. The van der Waals surface area contributed by atoms with E-state index in [0.717, 1.165) is 75.3 Å². The SMILES string of the molecule is CC1CCCN(S(=O)(=O)c2ccc(C(=O)Nc3sc4c(c3C(=O)N3CCCC3)CCN(Cc3ccccc3)C4)cc2)C1. The molecule has 2 saturated heterocycles. The summed E-state index contributed by atoms with van der Waals surface area (Å²) in [5, 5.41) is 3.62. The van der Waals surface area contributed by atoms with Gasteiger partial charge in [-0.2, -0.15) is 4.31 Å². The minimum absolute atomic E-state index is 0.00555. The van der Waals surface area contributed by atoms with E-state index in [2.05, 4.69) is 29.3 Å². The number of fused-ring (bicyclic) bond motifs is 1. The molecule has 222 valence electrons. The molecule has 0 spiro atoms. The van der Waals surface area contributed by atoms with Gasteiger partial charge in [0.05, 0.1) is 10.5 Å². The van der Waals surface area contributed by atoms with E-state index < -0.39 is 10.0 Å². The first-order valence-corrected chi connectivity index (χ1v) is 17.2. The highest BCUT2D eigenvalue weighted by Crippen LogP contribution is 2.39. The lowest BCUT2D eigenvalue weighted by atomic mass is 10.0. The minimum atomic E-state index is -3.60. The molecular weight excluding hydrogens is 569 g/mol. The van der Waals surface area contributed by atoms with Gasteiger partial charge in [0.1, 0.15) is 5.00 Å². The van der Waals surface area contributed by atoms with Gasteiger partial charge in [0.15, 0.2) is 0 Å². The summed E-state index contributed by atoms with van der Waals surface area (Å²) >= 11 is 1.49. The zero-order chi connectivity index (χ0) is 29.3. The molecule has 6 rings (SSSR count). The number of likely N-dealkylation sites (tertiary alicyclic amines) is 1. The van der Waals surface area contributed by atoms with Gasteiger partial charge in [0, 0.05) is 56.3 Å². The largest absolute Gasteiger partial charge is 0.339 e. The van der Waals surface area contributed by atoms with Crippen LogP contribution in [-0.4, -0.2) is 67.1 Å². The first-order chi connectivity index (χ1) is 20.3. The van der Waals surface area contributed by atoms with Gasteiger partial charge in [-0.3, -0.25) is 14.5 Å². The topological polar surface area (TPSA) is 90.0 Å². The number of piperidine rings is 1.